The minimum atomic E-state index is -0.289. The summed E-state index contributed by atoms with van der Waals surface area (Å²) in [6.45, 7) is 0.562. The van der Waals surface area contributed by atoms with Crippen molar-refractivity contribution in [2.45, 2.75) is 13.0 Å². The quantitative estimate of drug-likeness (QED) is 0.684. The fourth-order valence-electron chi connectivity index (χ4n) is 2.43. The van der Waals surface area contributed by atoms with Crippen molar-refractivity contribution >= 4 is 43.7 Å². The second kappa shape index (κ2) is 6.37. The second-order valence-corrected chi connectivity index (χ2v) is 6.64. The van der Waals surface area contributed by atoms with Gasteiger partial charge in [-0.3, -0.25) is 19.3 Å². The average molecular weight is 441 g/mol. The summed E-state index contributed by atoms with van der Waals surface area (Å²) in [7, 11) is 0. The van der Waals surface area contributed by atoms with Gasteiger partial charge in [-0.2, -0.15) is 5.10 Å². The van der Waals surface area contributed by atoms with Crippen molar-refractivity contribution in [1.29, 1.82) is 0 Å². The number of nitrogens with zero attached hydrogens (tertiary/aromatic N) is 3. The van der Waals surface area contributed by atoms with Crippen LogP contribution in [0.3, 0.4) is 0 Å². The van der Waals surface area contributed by atoms with Crippen LogP contribution in [-0.2, 0) is 6.54 Å². The summed E-state index contributed by atoms with van der Waals surface area (Å²) < 4.78 is 2.28. The Morgan fingerprint density at radius 3 is 2.17 bits per heavy atom. The topological polar surface area (TPSA) is 72.3 Å². The van der Waals surface area contributed by atoms with Crippen LogP contribution in [0.5, 0.6) is 0 Å². The molecule has 0 bridgehead atoms. The number of imide groups is 1. The summed E-state index contributed by atoms with van der Waals surface area (Å²) in [6, 6.07) is 6.76. The Labute approximate surface area is 148 Å². The van der Waals surface area contributed by atoms with E-state index in [-0.39, 0.29) is 23.9 Å². The van der Waals surface area contributed by atoms with Crippen molar-refractivity contribution in [1.82, 2.24) is 14.7 Å². The molecule has 0 fully saturated rings. The van der Waals surface area contributed by atoms with Crippen LogP contribution in [0.15, 0.2) is 44.2 Å². The molecule has 0 N–H and O–H groups in total. The monoisotopic (exact) mass is 439 g/mol. The first kappa shape index (κ1) is 16.1. The number of hydrogen-bond donors (Lipinski definition) is 0. The normalized spacial score (nSPS) is 13.6. The Morgan fingerprint density at radius 1 is 0.957 bits per heavy atom. The number of aryl methyl sites for hydroxylation is 1. The number of rotatable bonds is 4. The molecule has 6 nitrogen and oxygen atoms in total. The molecule has 118 valence electrons. The molecule has 2 amide bonds. The number of aromatic nitrogens is 2. The fourth-order valence-corrected chi connectivity index (χ4v) is 2.99. The zero-order valence-corrected chi connectivity index (χ0v) is 15.0. The number of halogens is 2. The molecule has 0 atom stereocenters. The maximum absolute atomic E-state index is 12.2. The van der Waals surface area contributed by atoms with Gasteiger partial charge in [0.25, 0.3) is 17.4 Å². The van der Waals surface area contributed by atoms with Gasteiger partial charge in [-0.05, 0) is 50.4 Å². The number of benzene rings is 1. The molecule has 2 aromatic rings. The molecule has 1 aromatic heterocycles. The van der Waals surface area contributed by atoms with Crippen LogP contribution in [0.2, 0.25) is 0 Å². The fraction of sp³-hybridized carbons (Fsp3) is 0.200. The van der Waals surface area contributed by atoms with Crippen molar-refractivity contribution in [3.8, 4) is 0 Å². The van der Waals surface area contributed by atoms with Crippen molar-refractivity contribution in [3.63, 3.8) is 0 Å². The lowest BCUT2D eigenvalue weighted by molar-refractivity contribution is 0.0650. The highest BCUT2D eigenvalue weighted by atomic mass is 79.9. The standard InChI is InChI=1S/C15H11Br2N3O3/c16-11-8-18-20(15(23)12(11)17)7-3-6-19-13(21)9-4-1-2-5-10(9)14(19)22/h1-2,4-5,8H,3,6-7H2. The molecule has 0 spiro atoms. The van der Waals surface area contributed by atoms with Gasteiger partial charge in [-0.1, -0.05) is 12.1 Å². The lowest BCUT2D eigenvalue weighted by Gasteiger charge is -2.14. The van der Waals surface area contributed by atoms with Crippen LogP contribution in [0.4, 0.5) is 0 Å². The summed E-state index contributed by atoms with van der Waals surface area (Å²) in [6.07, 6.45) is 1.97. The van der Waals surface area contributed by atoms with E-state index in [9.17, 15) is 14.4 Å². The third kappa shape index (κ3) is 2.88. The largest absolute Gasteiger partial charge is 0.282 e. The van der Waals surface area contributed by atoms with Crippen LogP contribution in [0, 0.1) is 0 Å². The number of carbonyl (C=O) groups is 2. The first-order valence-corrected chi connectivity index (χ1v) is 8.45. The maximum atomic E-state index is 12.2. The average Bonchev–Trinajstić information content (AvgIpc) is 2.80. The van der Waals surface area contributed by atoms with Crippen molar-refractivity contribution < 1.29 is 9.59 Å². The van der Waals surface area contributed by atoms with E-state index in [4.69, 9.17) is 0 Å². The summed E-state index contributed by atoms with van der Waals surface area (Å²) >= 11 is 6.40. The Kier molecular flexibility index (Phi) is 4.45. The van der Waals surface area contributed by atoms with Gasteiger partial charge < -0.3 is 0 Å². The molecule has 0 saturated carbocycles. The second-order valence-electron chi connectivity index (χ2n) is 5.00. The van der Waals surface area contributed by atoms with Gasteiger partial charge in [0.15, 0.2) is 0 Å². The van der Waals surface area contributed by atoms with Gasteiger partial charge >= 0.3 is 0 Å². The van der Waals surface area contributed by atoms with Crippen LogP contribution < -0.4 is 5.56 Å². The zero-order chi connectivity index (χ0) is 16.6. The molecule has 0 unspecified atom stereocenters. The van der Waals surface area contributed by atoms with Gasteiger partial charge in [-0.15, -0.1) is 0 Å². The highest BCUT2D eigenvalue weighted by Crippen LogP contribution is 2.22. The van der Waals surface area contributed by atoms with E-state index in [1.165, 1.54) is 15.8 Å². The molecule has 0 radical (unpaired) electrons. The minimum absolute atomic E-state index is 0.244. The number of carbonyl (C=O) groups excluding carboxylic acids is 2. The van der Waals surface area contributed by atoms with E-state index in [0.29, 0.717) is 33.0 Å². The summed E-state index contributed by atoms with van der Waals surface area (Å²) in [4.78, 5) is 37.7. The summed E-state index contributed by atoms with van der Waals surface area (Å²) in [5.74, 6) is -0.578. The SMILES string of the molecule is O=C1c2ccccc2C(=O)N1CCCn1ncc(Br)c(Br)c1=O. The highest BCUT2D eigenvalue weighted by molar-refractivity contribution is 9.13. The van der Waals surface area contributed by atoms with E-state index in [2.05, 4.69) is 37.0 Å². The van der Waals surface area contributed by atoms with Gasteiger partial charge in [0.05, 0.1) is 21.8 Å². The van der Waals surface area contributed by atoms with E-state index in [0.717, 1.165) is 0 Å². The first-order valence-electron chi connectivity index (χ1n) is 6.87. The summed E-state index contributed by atoms with van der Waals surface area (Å²) in [5, 5.41) is 4.02. The molecular weight excluding hydrogens is 430 g/mol. The molecule has 8 heteroatoms. The molecule has 3 rings (SSSR count). The van der Waals surface area contributed by atoms with Gasteiger partial charge in [0.1, 0.15) is 4.47 Å². The maximum Gasteiger partial charge on any atom is 0.282 e. The van der Waals surface area contributed by atoms with E-state index < -0.39 is 0 Å². The van der Waals surface area contributed by atoms with E-state index in [1.807, 2.05) is 0 Å². The lowest BCUT2D eigenvalue weighted by atomic mass is 10.1. The highest BCUT2D eigenvalue weighted by Gasteiger charge is 2.34. The lowest BCUT2D eigenvalue weighted by Crippen LogP contribution is -2.32. The van der Waals surface area contributed by atoms with Crippen LogP contribution in [0.25, 0.3) is 0 Å². The molecular formula is C15H11Br2N3O3. The Hall–Kier alpha value is -1.80. The van der Waals surface area contributed by atoms with Crippen LogP contribution >= 0.6 is 31.9 Å². The molecule has 1 aliphatic rings. The molecule has 1 aliphatic heterocycles. The molecule has 0 aliphatic carbocycles. The van der Waals surface area contributed by atoms with Crippen molar-refractivity contribution in [3.05, 3.63) is 60.9 Å². The third-order valence-electron chi connectivity index (χ3n) is 3.57. The Bertz CT molecular complexity index is 828. The van der Waals surface area contributed by atoms with Gasteiger partial charge in [0.2, 0.25) is 0 Å². The number of hydrogen-bond acceptors (Lipinski definition) is 4. The molecule has 0 saturated heterocycles. The number of amides is 2. The predicted molar refractivity (Wildman–Crippen MR) is 90.3 cm³/mol. The van der Waals surface area contributed by atoms with Gasteiger partial charge in [0, 0.05) is 13.1 Å². The number of fused-ring (bicyclic) bond motifs is 1. The van der Waals surface area contributed by atoms with Crippen molar-refractivity contribution in [2.24, 2.45) is 0 Å². The van der Waals surface area contributed by atoms with Gasteiger partial charge in [-0.25, -0.2) is 4.68 Å². The Balaban J connectivity index is 1.69. The molecule has 1 aromatic carbocycles. The molecule has 2 heterocycles. The Morgan fingerprint density at radius 2 is 1.57 bits per heavy atom. The first-order chi connectivity index (χ1) is 11.0. The third-order valence-corrected chi connectivity index (χ3v) is 5.47. The van der Waals surface area contributed by atoms with Crippen LogP contribution in [0.1, 0.15) is 27.1 Å². The minimum Gasteiger partial charge on any atom is -0.274 e. The zero-order valence-electron chi connectivity index (χ0n) is 11.8. The van der Waals surface area contributed by atoms with E-state index >= 15 is 0 Å². The molecule has 23 heavy (non-hydrogen) atoms. The van der Waals surface area contributed by atoms with E-state index in [1.54, 1.807) is 24.3 Å². The predicted octanol–water partition coefficient (Wildman–Crippen LogP) is 2.45. The smallest absolute Gasteiger partial charge is 0.274 e. The van der Waals surface area contributed by atoms with Crippen LogP contribution in [-0.4, -0.2) is 33.0 Å². The summed E-state index contributed by atoms with van der Waals surface area (Å²) in [5.41, 5.74) is 0.597. The van der Waals surface area contributed by atoms with Crippen molar-refractivity contribution in [2.75, 3.05) is 6.54 Å².